The van der Waals surface area contributed by atoms with Crippen molar-refractivity contribution in [3.63, 3.8) is 0 Å². The van der Waals surface area contributed by atoms with Gasteiger partial charge < -0.3 is 5.32 Å². The number of aryl methyl sites for hydroxylation is 1. The van der Waals surface area contributed by atoms with Gasteiger partial charge in [0.1, 0.15) is 0 Å². The summed E-state index contributed by atoms with van der Waals surface area (Å²) in [5, 5.41) is 8.38. The maximum atomic E-state index is 4.63. The summed E-state index contributed by atoms with van der Waals surface area (Å²) in [4.78, 5) is 0. The van der Waals surface area contributed by atoms with Crippen LogP contribution in [0.1, 0.15) is 45.2 Å². The molecule has 1 aromatic rings. The molecule has 0 aliphatic heterocycles. The third kappa shape index (κ3) is 2.78. The van der Waals surface area contributed by atoms with Gasteiger partial charge in [-0.1, -0.05) is 20.3 Å². The van der Waals surface area contributed by atoms with Crippen LogP contribution in [0.2, 0.25) is 0 Å². The van der Waals surface area contributed by atoms with Gasteiger partial charge in [-0.25, -0.2) is 0 Å². The summed E-state index contributed by atoms with van der Waals surface area (Å²) in [5.74, 6) is 2.65. The molecule has 2 saturated carbocycles. The van der Waals surface area contributed by atoms with Gasteiger partial charge >= 0.3 is 0 Å². The standard InChI is InChI=1S/C17H29N3/c1-13(2)11-18-12-17(9-14-4-5-15(17)8-14)10-16-6-7-20(3)19-16/h6-7,13-15,18H,4-5,8-12H2,1-3H3. The predicted octanol–water partition coefficient (Wildman–Crippen LogP) is 3.01. The zero-order chi connectivity index (χ0) is 14.2. The van der Waals surface area contributed by atoms with E-state index >= 15 is 0 Å². The summed E-state index contributed by atoms with van der Waals surface area (Å²) in [6.45, 7) is 6.91. The fraction of sp³-hybridized carbons (Fsp3) is 0.824. The van der Waals surface area contributed by atoms with Crippen molar-refractivity contribution in [2.45, 2.75) is 46.0 Å². The van der Waals surface area contributed by atoms with E-state index in [-0.39, 0.29) is 0 Å². The largest absolute Gasteiger partial charge is 0.316 e. The smallest absolute Gasteiger partial charge is 0.0630 e. The fourth-order valence-corrected chi connectivity index (χ4v) is 4.58. The molecule has 1 heterocycles. The van der Waals surface area contributed by atoms with E-state index in [9.17, 15) is 0 Å². The Morgan fingerprint density at radius 1 is 1.45 bits per heavy atom. The van der Waals surface area contributed by atoms with Crippen LogP contribution in [0.4, 0.5) is 0 Å². The van der Waals surface area contributed by atoms with Gasteiger partial charge in [0, 0.05) is 19.8 Å². The lowest BCUT2D eigenvalue weighted by atomic mass is 9.70. The summed E-state index contributed by atoms with van der Waals surface area (Å²) in [6, 6.07) is 2.20. The summed E-state index contributed by atoms with van der Waals surface area (Å²) in [5.41, 5.74) is 1.76. The van der Waals surface area contributed by atoms with Crippen LogP contribution in [0, 0.1) is 23.2 Å². The lowest BCUT2D eigenvalue weighted by molar-refractivity contribution is 0.153. The van der Waals surface area contributed by atoms with Crippen molar-refractivity contribution < 1.29 is 0 Å². The zero-order valence-electron chi connectivity index (χ0n) is 13.2. The Morgan fingerprint density at radius 2 is 2.30 bits per heavy atom. The van der Waals surface area contributed by atoms with Crippen molar-refractivity contribution >= 4 is 0 Å². The highest BCUT2D eigenvalue weighted by Gasteiger charge is 2.50. The van der Waals surface area contributed by atoms with Gasteiger partial charge in [-0.2, -0.15) is 5.10 Å². The third-order valence-corrected chi connectivity index (χ3v) is 5.43. The molecular weight excluding hydrogens is 246 g/mol. The molecule has 3 nitrogen and oxygen atoms in total. The summed E-state index contributed by atoms with van der Waals surface area (Å²) in [6.07, 6.45) is 9.05. The highest BCUT2D eigenvalue weighted by molar-refractivity contribution is 5.10. The van der Waals surface area contributed by atoms with Crippen LogP contribution in [0.5, 0.6) is 0 Å². The summed E-state index contributed by atoms with van der Waals surface area (Å²) >= 11 is 0. The quantitative estimate of drug-likeness (QED) is 0.865. The number of aromatic nitrogens is 2. The number of hydrogen-bond acceptors (Lipinski definition) is 2. The average molecular weight is 275 g/mol. The highest BCUT2D eigenvalue weighted by atomic mass is 15.2. The Kier molecular flexibility index (Phi) is 3.89. The second kappa shape index (κ2) is 5.51. The van der Waals surface area contributed by atoms with Gasteiger partial charge in [0.25, 0.3) is 0 Å². The first kappa shape index (κ1) is 14.1. The number of fused-ring (bicyclic) bond motifs is 2. The SMILES string of the molecule is CC(C)CNCC1(Cc2ccn(C)n2)CC2CCC1C2. The minimum Gasteiger partial charge on any atom is -0.316 e. The van der Waals surface area contributed by atoms with Crippen molar-refractivity contribution in [1.29, 1.82) is 0 Å². The fourth-order valence-electron chi connectivity index (χ4n) is 4.58. The van der Waals surface area contributed by atoms with Crippen molar-refractivity contribution in [3.8, 4) is 0 Å². The second-order valence-corrected chi connectivity index (χ2v) is 7.62. The minimum atomic E-state index is 0.478. The predicted molar refractivity (Wildman–Crippen MR) is 82.5 cm³/mol. The first-order chi connectivity index (χ1) is 9.57. The van der Waals surface area contributed by atoms with Crippen LogP contribution in [-0.2, 0) is 13.5 Å². The molecule has 3 rings (SSSR count). The van der Waals surface area contributed by atoms with Crippen LogP contribution in [0.3, 0.4) is 0 Å². The topological polar surface area (TPSA) is 29.9 Å². The van der Waals surface area contributed by atoms with Gasteiger partial charge in [-0.3, -0.25) is 4.68 Å². The van der Waals surface area contributed by atoms with E-state index in [1.165, 1.54) is 44.3 Å². The molecule has 0 saturated heterocycles. The summed E-state index contributed by atoms with van der Waals surface area (Å²) in [7, 11) is 2.02. The molecule has 0 radical (unpaired) electrons. The van der Waals surface area contributed by atoms with Crippen LogP contribution < -0.4 is 5.32 Å². The van der Waals surface area contributed by atoms with Crippen molar-refractivity contribution in [1.82, 2.24) is 15.1 Å². The van der Waals surface area contributed by atoms with Crippen LogP contribution in [0.25, 0.3) is 0 Å². The second-order valence-electron chi connectivity index (χ2n) is 7.62. The van der Waals surface area contributed by atoms with E-state index in [1.54, 1.807) is 0 Å². The Hall–Kier alpha value is -0.830. The van der Waals surface area contributed by atoms with Gasteiger partial charge in [0.05, 0.1) is 5.69 Å². The number of rotatable bonds is 6. The normalized spacial score (nSPS) is 32.4. The summed E-state index contributed by atoms with van der Waals surface area (Å²) < 4.78 is 1.94. The van der Waals surface area contributed by atoms with Crippen molar-refractivity contribution in [2.75, 3.05) is 13.1 Å². The Bertz CT molecular complexity index is 451. The van der Waals surface area contributed by atoms with E-state index in [0.717, 1.165) is 24.3 Å². The molecule has 3 unspecified atom stereocenters. The van der Waals surface area contributed by atoms with Gasteiger partial charge in [-0.05, 0) is 61.5 Å². The molecule has 2 fully saturated rings. The van der Waals surface area contributed by atoms with E-state index < -0.39 is 0 Å². The molecule has 1 N–H and O–H groups in total. The van der Waals surface area contributed by atoms with E-state index in [4.69, 9.17) is 0 Å². The molecule has 3 atom stereocenters. The third-order valence-electron chi connectivity index (χ3n) is 5.43. The van der Waals surface area contributed by atoms with E-state index in [0.29, 0.717) is 5.41 Å². The molecule has 0 amide bonds. The highest BCUT2D eigenvalue weighted by Crippen LogP contribution is 2.56. The monoisotopic (exact) mass is 275 g/mol. The maximum Gasteiger partial charge on any atom is 0.0630 e. The van der Waals surface area contributed by atoms with Gasteiger partial charge in [0.2, 0.25) is 0 Å². The molecule has 2 aliphatic rings. The van der Waals surface area contributed by atoms with Crippen LogP contribution in [-0.4, -0.2) is 22.9 Å². The molecule has 0 spiro atoms. The first-order valence-corrected chi connectivity index (χ1v) is 8.27. The first-order valence-electron chi connectivity index (χ1n) is 8.27. The van der Waals surface area contributed by atoms with E-state index in [1.807, 2.05) is 11.7 Å². The lowest BCUT2D eigenvalue weighted by Crippen LogP contribution is -2.41. The molecule has 2 aliphatic carbocycles. The molecule has 2 bridgehead atoms. The Labute approximate surface area is 123 Å². The Balaban J connectivity index is 1.70. The van der Waals surface area contributed by atoms with Gasteiger partial charge in [-0.15, -0.1) is 0 Å². The molecule has 112 valence electrons. The van der Waals surface area contributed by atoms with Crippen LogP contribution >= 0.6 is 0 Å². The average Bonchev–Trinajstić information content (AvgIpc) is 3.05. The van der Waals surface area contributed by atoms with Crippen molar-refractivity contribution in [3.05, 3.63) is 18.0 Å². The number of hydrogen-bond donors (Lipinski definition) is 1. The number of nitrogens with zero attached hydrogens (tertiary/aromatic N) is 2. The minimum absolute atomic E-state index is 0.478. The van der Waals surface area contributed by atoms with Crippen LogP contribution in [0.15, 0.2) is 12.3 Å². The molecule has 0 aromatic carbocycles. The zero-order valence-corrected chi connectivity index (χ0v) is 13.2. The van der Waals surface area contributed by atoms with Gasteiger partial charge in [0.15, 0.2) is 0 Å². The maximum absolute atomic E-state index is 4.63. The molecular formula is C17H29N3. The van der Waals surface area contributed by atoms with E-state index in [2.05, 4.69) is 36.5 Å². The van der Waals surface area contributed by atoms with Crippen molar-refractivity contribution in [2.24, 2.45) is 30.2 Å². The molecule has 20 heavy (non-hydrogen) atoms. The molecule has 1 aromatic heterocycles. The Morgan fingerprint density at radius 3 is 2.85 bits per heavy atom. The number of nitrogens with one attached hydrogen (secondary N) is 1. The molecule has 3 heteroatoms. The lowest BCUT2D eigenvalue weighted by Gasteiger charge is -2.38.